The molecule has 37 heavy (non-hydrogen) atoms. The molecule has 0 N–H and O–H groups in total. The fourth-order valence-corrected chi connectivity index (χ4v) is 6.37. The van der Waals surface area contributed by atoms with E-state index >= 15 is 0 Å². The van der Waals surface area contributed by atoms with Crippen LogP contribution in [-0.4, -0.2) is 30.7 Å². The summed E-state index contributed by atoms with van der Waals surface area (Å²) in [7, 11) is -3.75. The van der Waals surface area contributed by atoms with E-state index in [-0.39, 0.29) is 10.6 Å². The number of sulfonamides is 1. The lowest BCUT2D eigenvalue weighted by molar-refractivity contribution is -0.385. The molecule has 0 fully saturated rings. The minimum Gasteiger partial charge on any atom is -0.258 e. The van der Waals surface area contributed by atoms with Crippen molar-refractivity contribution in [2.24, 2.45) is 0 Å². The van der Waals surface area contributed by atoms with Crippen LogP contribution in [0.2, 0.25) is 0 Å². The van der Waals surface area contributed by atoms with Gasteiger partial charge < -0.3 is 0 Å². The van der Waals surface area contributed by atoms with Crippen LogP contribution in [0, 0.1) is 10.1 Å². The molecular formula is C30H54N2O4S. The van der Waals surface area contributed by atoms with E-state index in [1.54, 1.807) is 4.31 Å². The van der Waals surface area contributed by atoms with Crippen molar-refractivity contribution in [3.63, 3.8) is 0 Å². The van der Waals surface area contributed by atoms with Crippen LogP contribution < -0.4 is 0 Å². The first kappa shape index (κ1) is 33.6. The minimum atomic E-state index is -3.75. The summed E-state index contributed by atoms with van der Waals surface area (Å²) in [5, 5.41) is 11.2. The lowest BCUT2D eigenvalue weighted by Crippen LogP contribution is -2.33. The number of rotatable bonds is 25. The Kier molecular flexibility index (Phi) is 19.5. The number of nitro groups is 1. The van der Waals surface area contributed by atoms with Crippen LogP contribution in [-0.2, 0) is 10.0 Å². The Morgan fingerprint density at radius 3 is 1.41 bits per heavy atom. The fraction of sp³-hybridized carbons (Fsp3) is 0.800. The van der Waals surface area contributed by atoms with Gasteiger partial charge in [0, 0.05) is 25.2 Å². The van der Waals surface area contributed by atoms with Crippen molar-refractivity contribution in [3.8, 4) is 0 Å². The average molecular weight is 539 g/mol. The van der Waals surface area contributed by atoms with Crippen LogP contribution >= 0.6 is 0 Å². The molecular weight excluding hydrogens is 484 g/mol. The molecule has 0 saturated heterocycles. The highest BCUT2D eigenvalue weighted by Gasteiger charge is 2.25. The van der Waals surface area contributed by atoms with Gasteiger partial charge in [0.1, 0.15) is 0 Å². The molecule has 0 heterocycles. The minimum absolute atomic E-state index is 0.0286. The summed E-state index contributed by atoms with van der Waals surface area (Å²) < 4.78 is 28.4. The third-order valence-electron chi connectivity index (χ3n) is 7.19. The predicted octanol–water partition coefficient (Wildman–Crippen LogP) is 9.43. The van der Waals surface area contributed by atoms with Crippen molar-refractivity contribution < 1.29 is 13.3 Å². The smallest absolute Gasteiger partial charge is 0.258 e. The van der Waals surface area contributed by atoms with E-state index in [0.29, 0.717) is 13.1 Å². The molecule has 7 heteroatoms. The molecule has 0 aliphatic carbocycles. The molecule has 0 saturated carbocycles. The molecule has 6 nitrogen and oxygen atoms in total. The molecule has 0 spiro atoms. The highest BCUT2D eigenvalue weighted by atomic mass is 32.2. The van der Waals surface area contributed by atoms with E-state index in [9.17, 15) is 18.5 Å². The standard InChI is InChI=1S/C30H54N2O4S/c1-3-5-7-9-11-13-15-17-19-21-26-31(27-22-20-18-16-14-12-10-8-6-4-2)37(35,36)30-25-23-24-29(28-30)32(33)34/h23-25,28H,3-22,26-27H2,1-2H3. The van der Waals surface area contributed by atoms with Gasteiger partial charge in [-0.3, -0.25) is 10.1 Å². The zero-order valence-corrected chi connectivity index (χ0v) is 24.6. The van der Waals surface area contributed by atoms with E-state index in [4.69, 9.17) is 0 Å². The molecule has 0 unspecified atom stereocenters. The Morgan fingerprint density at radius 2 is 1.03 bits per heavy atom. The number of nitrogens with zero attached hydrogens (tertiary/aromatic N) is 2. The number of unbranched alkanes of at least 4 members (excludes halogenated alkanes) is 18. The summed E-state index contributed by atoms with van der Waals surface area (Å²) in [6.45, 7) is 5.44. The Balaban J connectivity index is 2.51. The number of nitro benzene ring substituents is 1. The molecule has 0 aliphatic heterocycles. The van der Waals surface area contributed by atoms with Gasteiger partial charge in [0.15, 0.2) is 0 Å². The number of hydrogen-bond acceptors (Lipinski definition) is 4. The Hall–Kier alpha value is -1.47. The molecule has 214 valence electrons. The van der Waals surface area contributed by atoms with Gasteiger partial charge in [-0.05, 0) is 18.9 Å². The summed E-state index contributed by atoms with van der Waals surface area (Å²) in [5.74, 6) is 0. The maximum Gasteiger partial charge on any atom is 0.270 e. The Labute approximate surface area is 227 Å². The summed E-state index contributed by atoms with van der Waals surface area (Å²) in [5.41, 5.74) is -0.182. The number of hydrogen-bond donors (Lipinski definition) is 0. The molecule has 0 amide bonds. The first-order chi connectivity index (χ1) is 17.9. The quantitative estimate of drug-likeness (QED) is 0.0705. The van der Waals surface area contributed by atoms with E-state index in [2.05, 4.69) is 13.8 Å². The van der Waals surface area contributed by atoms with Crippen LogP contribution in [0.5, 0.6) is 0 Å². The number of non-ortho nitro benzene ring substituents is 1. The first-order valence-corrected chi connectivity index (χ1v) is 16.6. The van der Waals surface area contributed by atoms with Crippen LogP contribution in [0.3, 0.4) is 0 Å². The molecule has 1 aromatic carbocycles. The van der Waals surface area contributed by atoms with Crippen molar-refractivity contribution in [1.82, 2.24) is 4.31 Å². The van der Waals surface area contributed by atoms with Crippen LogP contribution in [0.15, 0.2) is 29.2 Å². The highest BCUT2D eigenvalue weighted by Crippen LogP contribution is 2.23. The second-order valence-electron chi connectivity index (χ2n) is 10.5. The second kappa shape index (κ2) is 21.5. The van der Waals surface area contributed by atoms with Crippen LogP contribution in [0.4, 0.5) is 5.69 Å². The van der Waals surface area contributed by atoms with Crippen molar-refractivity contribution in [1.29, 1.82) is 0 Å². The average Bonchev–Trinajstić information content (AvgIpc) is 2.89. The Bertz CT molecular complexity index is 790. The molecule has 0 radical (unpaired) electrons. The van der Waals surface area contributed by atoms with Crippen molar-refractivity contribution in [3.05, 3.63) is 34.4 Å². The van der Waals surface area contributed by atoms with E-state index in [0.717, 1.165) is 38.5 Å². The van der Waals surface area contributed by atoms with Gasteiger partial charge in [-0.15, -0.1) is 0 Å². The summed E-state index contributed by atoms with van der Waals surface area (Å²) in [6.07, 6.45) is 24.0. The van der Waals surface area contributed by atoms with Crippen LogP contribution in [0.25, 0.3) is 0 Å². The van der Waals surface area contributed by atoms with E-state index in [1.165, 1.54) is 114 Å². The lowest BCUT2D eigenvalue weighted by atomic mass is 10.1. The number of benzene rings is 1. The fourth-order valence-electron chi connectivity index (χ4n) is 4.81. The molecule has 1 rings (SSSR count). The normalized spacial score (nSPS) is 11.9. The third-order valence-corrected chi connectivity index (χ3v) is 9.08. The van der Waals surface area contributed by atoms with Gasteiger partial charge in [-0.25, -0.2) is 8.42 Å². The highest BCUT2D eigenvalue weighted by molar-refractivity contribution is 7.89. The largest absolute Gasteiger partial charge is 0.270 e. The van der Waals surface area contributed by atoms with Crippen LogP contribution in [0.1, 0.15) is 142 Å². The third kappa shape index (κ3) is 15.5. The van der Waals surface area contributed by atoms with Gasteiger partial charge in [-0.2, -0.15) is 4.31 Å². The van der Waals surface area contributed by atoms with Gasteiger partial charge in [0.2, 0.25) is 10.0 Å². The maximum atomic E-state index is 13.4. The summed E-state index contributed by atoms with van der Waals surface area (Å²) in [6, 6.07) is 5.48. The second-order valence-corrected chi connectivity index (χ2v) is 12.5. The zero-order valence-electron chi connectivity index (χ0n) is 23.8. The summed E-state index contributed by atoms with van der Waals surface area (Å²) in [4.78, 5) is 10.7. The lowest BCUT2D eigenvalue weighted by Gasteiger charge is -2.22. The first-order valence-electron chi connectivity index (χ1n) is 15.2. The van der Waals surface area contributed by atoms with Gasteiger partial charge in [-0.1, -0.05) is 135 Å². The SMILES string of the molecule is CCCCCCCCCCCCN(CCCCCCCCCCCC)S(=O)(=O)c1cccc([N+](=O)[O-])c1. The van der Waals surface area contributed by atoms with Gasteiger partial charge in [0.25, 0.3) is 5.69 Å². The summed E-state index contributed by atoms with van der Waals surface area (Å²) >= 11 is 0. The molecule has 1 aromatic rings. The predicted molar refractivity (Wildman–Crippen MR) is 156 cm³/mol. The molecule has 0 aromatic heterocycles. The van der Waals surface area contributed by atoms with E-state index < -0.39 is 14.9 Å². The molecule has 0 bridgehead atoms. The zero-order chi connectivity index (χ0) is 27.2. The van der Waals surface area contributed by atoms with E-state index in [1.807, 2.05) is 0 Å². The Morgan fingerprint density at radius 1 is 0.649 bits per heavy atom. The van der Waals surface area contributed by atoms with Crippen molar-refractivity contribution >= 4 is 15.7 Å². The maximum absolute atomic E-state index is 13.4. The molecule has 0 aliphatic rings. The van der Waals surface area contributed by atoms with Gasteiger partial charge >= 0.3 is 0 Å². The van der Waals surface area contributed by atoms with Crippen molar-refractivity contribution in [2.45, 2.75) is 147 Å². The topological polar surface area (TPSA) is 80.5 Å². The molecule has 0 atom stereocenters. The van der Waals surface area contributed by atoms with Crippen molar-refractivity contribution in [2.75, 3.05) is 13.1 Å². The monoisotopic (exact) mass is 538 g/mol. The van der Waals surface area contributed by atoms with Gasteiger partial charge in [0.05, 0.1) is 9.82 Å².